The summed E-state index contributed by atoms with van der Waals surface area (Å²) in [7, 11) is -21.6. The Balaban J connectivity index is 0.000000920. The van der Waals surface area contributed by atoms with Crippen LogP contribution in [0.25, 0.3) is 37.7 Å². The minimum absolute atomic E-state index is 0.0240. The molecule has 0 radical (unpaired) electrons. The first-order chi connectivity index (χ1) is 39.6. The van der Waals surface area contributed by atoms with Gasteiger partial charge in [-0.2, -0.15) is 44.0 Å². The number of hydrogen-bond donors (Lipinski definition) is 5. The number of rotatable bonds is 18. The number of pyridine rings is 1. The number of nitriles is 1. The lowest BCUT2D eigenvalue weighted by Gasteiger charge is -2.12. The van der Waals surface area contributed by atoms with Crippen molar-refractivity contribution in [3.05, 3.63) is 95.1 Å². The largest absolute Gasteiger partial charge is 0.494 e. The van der Waals surface area contributed by atoms with Gasteiger partial charge in [0, 0.05) is 21.9 Å². The summed E-state index contributed by atoms with van der Waals surface area (Å²) in [5.74, 6) is -0.775. The van der Waals surface area contributed by atoms with E-state index in [1.807, 2.05) is 0 Å². The molecule has 0 amide bonds. The molecule has 3 heterocycles. The van der Waals surface area contributed by atoms with Crippen LogP contribution in [0.4, 0.5) is 33.6 Å². The maximum absolute atomic E-state index is 12.4. The van der Waals surface area contributed by atoms with Crippen molar-refractivity contribution in [1.82, 2.24) is 14.4 Å². The van der Waals surface area contributed by atoms with Crippen LogP contribution in [0.15, 0.2) is 113 Å². The van der Waals surface area contributed by atoms with Crippen LogP contribution >= 0.6 is 23.1 Å². The summed E-state index contributed by atoms with van der Waals surface area (Å²) < 4.78 is 189. The highest BCUT2D eigenvalue weighted by atomic mass is 32.2. The number of aromatic nitrogens is 3. The third-order valence-corrected chi connectivity index (χ3v) is 15.5. The van der Waals surface area contributed by atoms with Gasteiger partial charge in [-0.1, -0.05) is 35.6 Å². The Bertz CT molecular complexity index is 4720. The minimum atomic E-state index is -4.62. The Labute approximate surface area is 494 Å². The van der Waals surface area contributed by atoms with Gasteiger partial charge in [0.05, 0.1) is 64.3 Å². The van der Waals surface area contributed by atoms with E-state index in [2.05, 4.69) is 46.7 Å². The highest BCUT2D eigenvalue weighted by molar-refractivity contribution is 7.99. The number of para-hydroxylation sites is 2. The molecule has 5 N–H and O–H groups in total. The number of hydrogen-bond acceptors (Lipinski definition) is 28. The van der Waals surface area contributed by atoms with Crippen molar-refractivity contribution < 1.29 is 91.7 Å². The molecule has 0 saturated heterocycles. The topological polar surface area (TPSA) is 487 Å². The molecule has 0 bridgehead atoms. The minimum Gasteiger partial charge on any atom is -0.494 e. The number of aryl methyl sites for hydroxylation is 2. The van der Waals surface area contributed by atoms with Gasteiger partial charge in [-0.15, -0.1) is 62.6 Å². The Morgan fingerprint density at radius 2 is 1.27 bits per heavy atom. The molecule has 0 aliphatic heterocycles. The van der Waals surface area contributed by atoms with Crippen molar-refractivity contribution in [1.29, 1.82) is 5.26 Å². The molecule has 5 aromatic carbocycles. The van der Waals surface area contributed by atoms with E-state index in [-0.39, 0.29) is 80.5 Å². The van der Waals surface area contributed by atoms with Gasteiger partial charge in [-0.05, 0) is 98.3 Å². The summed E-state index contributed by atoms with van der Waals surface area (Å²) >= 11 is 2.24. The third kappa shape index (κ3) is 19.6. The van der Waals surface area contributed by atoms with Crippen molar-refractivity contribution in [2.45, 2.75) is 43.4 Å². The summed E-state index contributed by atoms with van der Waals surface area (Å²) in [5, 5.41) is 49.1. The van der Waals surface area contributed by atoms with Gasteiger partial charge in [0.1, 0.15) is 39.2 Å². The number of thiazole rings is 1. The Hall–Kier alpha value is -7.88. The Morgan fingerprint density at radius 3 is 1.87 bits per heavy atom. The van der Waals surface area contributed by atoms with E-state index in [4.69, 9.17) is 39.3 Å². The number of aromatic hydroxyl groups is 1. The van der Waals surface area contributed by atoms with Gasteiger partial charge >= 0.3 is 21.2 Å². The predicted molar refractivity (Wildman–Crippen MR) is 307 cm³/mol. The van der Waals surface area contributed by atoms with Gasteiger partial charge in [0.15, 0.2) is 11.3 Å². The zero-order valence-corrected chi connectivity index (χ0v) is 50.7. The molecule has 0 aliphatic rings. The fraction of sp³-hybridized carbons (Fsp3) is 0.239. The summed E-state index contributed by atoms with van der Waals surface area (Å²) in [5.41, 5.74) is 4.22. The lowest BCUT2D eigenvalue weighted by Crippen LogP contribution is -2.08. The first kappa shape index (κ1) is 67.9. The normalized spacial score (nSPS) is 12.0. The molecule has 0 saturated carbocycles. The van der Waals surface area contributed by atoms with Gasteiger partial charge in [-0.3, -0.25) is 22.6 Å². The second-order valence-corrected chi connectivity index (χ2v) is 26.0. The molecule has 3 aromatic heterocycles. The number of methoxy groups -OCH3 is 1. The number of ether oxygens (including phenoxy) is 2. The summed E-state index contributed by atoms with van der Waals surface area (Å²) in [4.78, 5) is 9.26. The molecule has 8 aromatic rings. The van der Waals surface area contributed by atoms with Crippen LogP contribution in [0.2, 0.25) is 0 Å². The number of azo groups is 3. The Morgan fingerprint density at radius 1 is 0.706 bits per heavy atom. The molecular formula is C46H44N10O21S8. The maximum atomic E-state index is 12.4. The molecule has 8 rings (SSSR count). The van der Waals surface area contributed by atoms with E-state index < -0.39 is 73.2 Å². The van der Waals surface area contributed by atoms with Crippen LogP contribution in [0.3, 0.4) is 0 Å². The number of benzene rings is 5. The van der Waals surface area contributed by atoms with Gasteiger partial charge in [0.25, 0.3) is 40.5 Å². The average molecular weight is 1330 g/mol. The Kier molecular flexibility index (Phi) is 23.0. The fourth-order valence-corrected chi connectivity index (χ4v) is 11.4. The number of nitrogens with zero attached hydrogens (tertiary/aromatic N) is 10. The van der Waals surface area contributed by atoms with E-state index in [1.165, 1.54) is 41.5 Å². The maximum Gasteiger partial charge on any atom is 0.425 e. The van der Waals surface area contributed by atoms with Crippen LogP contribution in [-0.4, -0.2) is 134 Å². The number of thioether (sulfide) groups is 1. The molecule has 452 valence electrons. The second kappa shape index (κ2) is 28.8. The van der Waals surface area contributed by atoms with E-state index in [9.17, 15) is 57.7 Å². The summed E-state index contributed by atoms with van der Waals surface area (Å²) in [6.07, 6.45) is 0.691. The molecule has 0 unspecified atom stereocenters. The van der Waals surface area contributed by atoms with E-state index in [0.29, 0.717) is 71.6 Å². The average Bonchev–Trinajstić information content (AvgIpc) is 1.76. The first-order valence-electron chi connectivity index (χ1n) is 23.2. The van der Waals surface area contributed by atoms with Crippen molar-refractivity contribution in [2.75, 3.05) is 37.2 Å². The predicted octanol–water partition coefficient (Wildman–Crippen LogP) is 8.78. The van der Waals surface area contributed by atoms with E-state index in [1.54, 1.807) is 75.4 Å². The summed E-state index contributed by atoms with van der Waals surface area (Å²) in [6, 6.07) is 21.6. The first-order valence-corrected chi connectivity index (χ1v) is 33.5. The lowest BCUT2D eigenvalue weighted by molar-refractivity contribution is 0.317. The monoisotopic (exact) mass is 1330 g/mol. The molecular weight excluding hydrogens is 1290 g/mol. The zero-order chi connectivity index (χ0) is 63.4. The smallest absolute Gasteiger partial charge is 0.425 e. The molecule has 0 fully saturated rings. The van der Waals surface area contributed by atoms with Crippen LogP contribution in [0.5, 0.6) is 17.4 Å². The van der Waals surface area contributed by atoms with Crippen molar-refractivity contribution in [3.63, 3.8) is 0 Å². The van der Waals surface area contributed by atoms with Crippen LogP contribution < -0.4 is 9.47 Å². The van der Waals surface area contributed by atoms with Crippen LogP contribution in [0.1, 0.15) is 35.1 Å². The molecule has 39 heteroatoms. The standard InChI is InChI=1S/C45H40N10O12S5.CH4O3S.2O3S/c1-24-18-32(51-53-40-26(3)28(23-46)43-47-29-11-5-6-12-34(29)55(43)44(40)56)35(67-14-8-16-70(57,58)59)21-30(24)49-52-33-19-25(2)31(22-37(33)68-15-9-17-71(60,61)62)50-54-45-48-41-36(66-4)20-27-10-7-13-38(72(63,64)65)39(27)42(41)69-45;1-5(2,3)4;2*1-4(2)3/h5-7,10-13,18-22,56H,8-9,14-17H2,1-4H3,(H,57,58,59)(H,60,61,62)(H,63,64,65);1H3,(H,2,3,4);;. The van der Waals surface area contributed by atoms with Gasteiger partial charge in [0.2, 0.25) is 11.0 Å². The highest BCUT2D eigenvalue weighted by Crippen LogP contribution is 2.45. The van der Waals surface area contributed by atoms with Crippen molar-refractivity contribution >= 4 is 156 Å². The molecule has 0 aliphatic carbocycles. The van der Waals surface area contributed by atoms with Crippen molar-refractivity contribution in [2.24, 2.45) is 30.7 Å². The van der Waals surface area contributed by atoms with Crippen LogP contribution in [-0.2, 0) is 61.7 Å². The lowest BCUT2D eigenvalue weighted by atomic mass is 10.1. The highest BCUT2D eigenvalue weighted by Gasteiger charge is 2.23. The molecule has 31 nitrogen and oxygen atoms in total. The van der Waals surface area contributed by atoms with Gasteiger partial charge < -0.3 is 14.6 Å². The summed E-state index contributed by atoms with van der Waals surface area (Å²) in [6.45, 7) is 4.85. The number of imidazole rings is 1. The zero-order valence-electron chi connectivity index (χ0n) is 44.2. The molecule has 85 heavy (non-hydrogen) atoms. The van der Waals surface area contributed by atoms with Crippen molar-refractivity contribution in [3.8, 4) is 23.4 Å². The number of fused-ring (bicyclic) bond motifs is 6. The SMILES string of the molecule is COc1cc2cccc(S(=O)(=O)O)c2c2sc(N=Nc3cc(SCCCS(=O)(=O)O)c(N=Nc4cc(OCCCS(=O)(=O)O)c(N=Nc5c(C)c(C#N)c6nc7ccccc7n6c5O)cc4C)cc3C)nc12.CS(=O)(=O)O.O=S(=O)=O.O=S(=O)=O. The third-order valence-electron chi connectivity index (χ3n) is 10.9. The second-order valence-electron chi connectivity index (χ2n) is 17.1. The van der Waals surface area contributed by atoms with E-state index in [0.717, 1.165) is 11.3 Å². The van der Waals surface area contributed by atoms with Gasteiger partial charge in [-0.25, -0.2) is 9.97 Å². The fourth-order valence-electron chi connectivity index (χ4n) is 7.48. The molecule has 0 atom stereocenters. The van der Waals surface area contributed by atoms with Crippen LogP contribution in [0, 0.1) is 32.1 Å². The molecule has 0 spiro atoms. The quantitative estimate of drug-likeness (QED) is 0.0232. The van der Waals surface area contributed by atoms with E-state index >= 15 is 0 Å².